The van der Waals surface area contributed by atoms with Crippen LogP contribution in [0.4, 0.5) is 5.69 Å². The van der Waals surface area contributed by atoms with Crippen molar-refractivity contribution in [2.24, 2.45) is 5.41 Å². The van der Waals surface area contributed by atoms with E-state index in [9.17, 15) is 4.79 Å². The van der Waals surface area contributed by atoms with Crippen LogP contribution in [0, 0.1) is 5.41 Å². The van der Waals surface area contributed by atoms with Gasteiger partial charge < -0.3 is 5.32 Å². The summed E-state index contributed by atoms with van der Waals surface area (Å²) in [6.07, 6.45) is 8.16. The number of nitrogens with one attached hydrogen (secondary N) is 1. The topological polar surface area (TPSA) is 46.9 Å². The van der Waals surface area contributed by atoms with Crippen LogP contribution in [0.25, 0.3) is 0 Å². The lowest BCUT2D eigenvalue weighted by atomic mass is 9.83. The lowest BCUT2D eigenvalue weighted by Gasteiger charge is -2.28. The maximum absolute atomic E-state index is 12.0. The summed E-state index contributed by atoms with van der Waals surface area (Å²) in [6.45, 7) is 5.70. The normalized spacial score (nSPS) is 17.6. The number of halogens is 1. The molecule has 0 unspecified atom stereocenters. The van der Waals surface area contributed by atoms with Crippen LogP contribution in [0.1, 0.15) is 46.0 Å². The van der Waals surface area contributed by atoms with Gasteiger partial charge in [0.05, 0.1) is 11.9 Å². The Morgan fingerprint density at radius 1 is 1.42 bits per heavy atom. The van der Waals surface area contributed by atoms with Crippen molar-refractivity contribution in [1.82, 2.24) is 9.78 Å². The van der Waals surface area contributed by atoms with Crippen molar-refractivity contribution in [3.63, 3.8) is 0 Å². The molecule has 1 saturated carbocycles. The molecular weight excluding hydrogens is 306 g/mol. The summed E-state index contributed by atoms with van der Waals surface area (Å²) in [5.41, 5.74) is 1.15. The van der Waals surface area contributed by atoms with E-state index in [2.05, 4.69) is 33.3 Å². The molecule has 0 aromatic carbocycles. The first kappa shape index (κ1) is 14.6. The van der Waals surface area contributed by atoms with E-state index in [0.717, 1.165) is 12.2 Å². The number of hydrogen-bond donors (Lipinski definition) is 1. The lowest BCUT2D eigenvalue weighted by molar-refractivity contribution is 0.306. The molecule has 106 valence electrons. The van der Waals surface area contributed by atoms with Crippen LogP contribution >= 0.6 is 15.9 Å². The van der Waals surface area contributed by atoms with Crippen molar-refractivity contribution >= 4 is 21.6 Å². The van der Waals surface area contributed by atoms with Gasteiger partial charge in [-0.1, -0.05) is 19.8 Å². The van der Waals surface area contributed by atoms with Crippen molar-refractivity contribution in [2.75, 3.05) is 11.9 Å². The molecule has 0 saturated heterocycles. The maximum atomic E-state index is 12.0. The molecule has 0 radical (unpaired) electrons. The van der Waals surface area contributed by atoms with Crippen molar-refractivity contribution in [3.05, 3.63) is 21.0 Å². The second kappa shape index (κ2) is 6.07. The summed E-state index contributed by atoms with van der Waals surface area (Å²) in [4.78, 5) is 12.0. The Bertz CT molecular complexity index is 492. The Kier molecular flexibility index (Phi) is 4.66. The third-order valence-electron chi connectivity index (χ3n) is 4.35. The van der Waals surface area contributed by atoms with Gasteiger partial charge in [-0.25, -0.2) is 4.68 Å². The lowest BCUT2D eigenvalue weighted by Crippen LogP contribution is -2.28. The van der Waals surface area contributed by atoms with Gasteiger partial charge in [0.2, 0.25) is 0 Å². The van der Waals surface area contributed by atoms with Gasteiger partial charge in [0, 0.05) is 13.1 Å². The fourth-order valence-electron chi connectivity index (χ4n) is 2.88. The highest BCUT2D eigenvalue weighted by molar-refractivity contribution is 9.10. The number of aromatic nitrogens is 2. The van der Waals surface area contributed by atoms with E-state index in [1.54, 1.807) is 6.20 Å². The quantitative estimate of drug-likeness (QED) is 0.901. The van der Waals surface area contributed by atoms with E-state index in [4.69, 9.17) is 0 Å². The molecule has 1 aliphatic rings. The highest BCUT2D eigenvalue weighted by atomic mass is 79.9. The molecule has 1 aromatic rings. The van der Waals surface area contributed by atoms with Crippen molar-refractivity contribution in [1.29, 1.82) is 0 Å². The van der Waals surface area contributed by atoms with Crippen LogP contribution in [0.15, 0.2) is 15.5 Å². The molecule has 0 bridgehead atoms. The van der Waals surface area contributed by atoms with E-state index in [-0.39, 0.29) is 5.56 Å². The third-order valence-corrected chi connectivity index (χ3v) is 5.12. The van der Waals surface area contributed by atoms with E-state index < -0.39 is 0 Å². The summed E-state index contributed by atoms with van der Waals surface area (Å²) < 4.78 is 2.05. The molecule has 1 fully saturated rings. The number of nitrogens with zero attached hydrogens (tertiary/aromatic N) is 2. The zero-order chi connectivity index (χ0) is 13.9. The molecule has 1 aliphatic carbocycles. The van der Waals surface area contributed by atoms with Crippen LogP contribution in [-0.2, 0) is 6.54 Å². The standard InChI is InChI=1S/C14H22BrN3O/c1-3-14(7-5-6-8-14)10-16-11-9-17-18(4-2)13(19)12(11)15/h9,16H,3-8,10H2,1-2H3. The monoisotopic (exact) mass is 327 g/mol. The predicted octanol–water partition coefficient (Wildman–Crippen LogP) is 3.41. The molecule has 2 rings (SSSR count). The minimum atomic E-state index is -0.0653. The third kappa shape index (κ3) is 3.02. The van der Waals surface area contributed by atoms with Gasteiger partial charge in [-0.15, -0.1) is 0 Å². The molecule has 19 heavy (non-hydrogen) atoms. The number of anilines is 1. The molecule has 1 heterocycles. The average molecular weight is 328 g/mol. The minimum absolute atomic E-state index is 0.0653. The Labute approximate surface area is 122 Å². The van der Waals surface area contributed by atoms with Gasteiger partial charge in [-0.2, -0.15) is 5.10 Å². The Hall–Kier alpha value is -0.840. The first-order valence-electron chi connectivity index (χ1n) is 7.11. The van der Waals surface area contributed by atoms with Crippen LogP contribution in [0.2, 0.25) is 0 Å². The van der Waals surface area contributed by atoms with Crippen LogP contribution < -0.4 is 10.9 Å². The number of rotatable bonds is 5. The van der Waals surface area contributed by atoms with Gasteiger partial charge in [-0.3, -0.25) is 4.79 Å². The molecule has 1 aromatic heterocycles. The average Bonchev–Trinajstić information content (AvgIpc) is 2.90. The Morgan fingerprint density at radius 2 is 2.11 bits per heavy atom. The second-order valence-corrected chi connectivity index (χ2v) is 6.20. The maximum Gasteiger partial charge on any atom is 0.283 e. The summed E-state index contributed by atoms with van der Waals surface area (Å²) in [7, 11) is 0. The Morgan fingerprint density at radius 3 is 2.68 bits per heavy atom. The van der Waals surface area contributed by atoms with E-state index in [0.29, 0.717) is 16.4 Å². The smallest absolute Gasteiger partial charge is 0.283 e. The van der Waals surface area contributed by atoms with E-state index >= 15 is 0 Å². The van der Waals surface area contributed by atoms with E-state index in [1.807, 2.05) is 6.92 Å². The predicted molar refractivity (Wildman–Crippen MR) is 81.6 cm³/mol. The Balaban J connectivity index is 2.12. The largest absolute Gasteiger partial charge is 0.382 e. The van der Waals surface area contributed by atoms with Crippen molar-refractivity contribution in [3.8, 4) is 0 Å². The second-order valence-electron chi connectivity index (χ2n) is 5.41. The van der Waals surface area contributed by atoms with Crippen LogP contribution in [0.3, 0.4) is 0 Å². The zero-order valence-corrected chi connectivity index (χ0v) is 13.3. The summed E-state index contributed by atoms with van der Waals surface area (Å²) in [5.74, 6) is 0. The summed E-state index contributed by atoms with van der Waals surface area (Å²) in [6, 6.07) is 0. The van der Waals surface area contributed by atoms with Crippen LogP contribution in [0.5, 0.6) is 0 Å². The molecule has 0 aliphatic heterocycles. The van der Waals surface area contributed by atoms with Gasteiger partial charge in [0.15, 0.2) is 0 Å². The number of hydrogen-bond acceptors (Lipinski definition) is 3. The molecule has 4 nitrogen and oxygen atoms in total. The molecular formula is C14H22BrN3O. The van der Waals surface area contributed by atoms with Gasteiger partial charge in [0.25, 0.3) is 5.56 Å². The first-order valence-corrected chi connectivity index (χ1v) is 7.90. The SMILES string of the molecule is CCn1ncc(NCC2(CC)CCCC2)c(Br)c1=O. The highest BCUT2D eigenvalue weighted by Crippen LogP contribution is 2.41. The van der Waals surface area contributed by atoms with Gasteiger partial charge >= 0.3 is 0 Å². The fraction of sp³-hybridized carbons (Fsp3) is 0.714. The first-order chi connectivity index (χ1) is 9.12. The van der Waals surface area contributed by atoms with Crippen molar-refractivity contribution < 1.29 is 0 Å². The summed E-state index contributed by atoms with van der Waals surface area (Å²) in [5, 5.41) is 7.58. The van der Waals surface area contributed by atoms with Gasteiger partial charge in [-0.05, 0) is 47.5 Å². The van der Waals surface area contributed by atoms with Crippen LogP contribution in [-0.4, -0.2) is 16.3 Å². The molecule has 0 spiro atoms. The zero-order valence-electron chi connectivity index (χ0n) is 11.7. The molecule has 5 heteroatoms. The highest BCUT2D eigenvalue weighted by Gasteiger charge is 2.31. The minimum Gasteiger partial charge on any atom is -0.382 e. The summed E-state index contributed by atoms with van der Waals surface area (Å²) >= 11 is 3.39. The van der Waals surface area contributed by atoms with Gasteiger partial charge in [0.1, 0.15) is 4.47 Å². The molecule has 0 atom stereocenters. The number of aryl methyl sites for hydroxylation is 1. The van der Waals surface area contributed by atoms with E-state index in [1.165, 1.54) is 36.8 Å². The molecule has 1 N–H and O–H groups in total. The van der Waals surface area contributed by atoms with Crippen molar-refractivity contribution in [2.45, 2.75) is 52.5 Å². The molecule has 0 amide bonds. The fourth-order valence-corrected chi connectivity index (χ4v) is 3.32.